The highest BCUT2D eigenvalue weighted by Crippen LogP contribution is 2.28. The highest BCUT2D eigenvalue weighted by Gasteiger charge is 2.12. The highest BCUT2D eigenvalue weighted by molar-refractivity contribution is 5.55. The molecule has 3 rings (SSSR count). The van der Waals surface area contributed by atoms with Crippen LogP contribution in [0.2, 0.25) is 0 Å². The van der Waals surface area contributed by atoms with Crippen LogP contribution in [0.15, 0.2) is 35.2 Å². The van der Waals surface area contributed by atoms with Crippen molar-refractivity contribution < 1.29 is 4.42 Å². The summed E-state index contributed by atoms with van der Waals surface area (Å²) < 4.78 is 5.23. The minimum atomic E-state index is 0.705. The first-order valence-electron chi connectivity index (χ1n) is 6.15. The standard InChI is InChI=1S/C14H16N2O/c1-2-6-13-11(4-1)5-3-7-14(13)16-9-12-8-15-10-17-12/h3,5,7-8,10,16H,1-2,4,6,9H2. The first kappa shape index (κ1) is 10.4. The minimum absolute atomic E-state index is 0.705. The van der Waals surface area contributed by atoms with Crippen LogP contribution in [0.25, 0.3) is 0 Å². The largest absolute Gasteiger partial charge is 0.447 e. The molecule has 1 N–H and O–H groups in total. The number of benzene rings is 1. The van der Waals surface area contributed by atoms with Gasteiger partial charge >= 0.3 is 0 Å². The molecule has 0 unspecified atom stereocenters. The van der Waals surface area contributed by atoms with Crippen molar-refractivity contribution in [2.45, 2.75) is 32.2 Å². The van der Waals surface area contributed by atoms with Crippen molar-refractivity contribution in [2.24, 2.45) is 0 Å². The number of oxazole rings is 1. The molecule has 0 saturated heterocycles. The lowest BCUT2D eigenvalue weighted by atomic mass is 9.90. The normalized spacial score (nSPS) is 14.4. The van der Waals surface area contributed by atoms with Gasteiger partial charge in [0.25, 0.3) is 0 Å². The van der Waals surface area contributed by atoms with Gasteiger partial charge in [-0.05, 0) is 42.9 Å². The minimum Gasteiger partial charge on any atom is -0.447 e. The van der Waals surface area contributed by atoms with Crippen LogP contribution in [0.1, 0.15) is 29.7 Å². The molecule has 1 aromatic carbocycles. The van der Waals surface area contributed by atoms with Crippen molar-refractivity contribution in [3.05, 3.63) is 47.7 Å². The zero-order valence-corrected chi connectivity index (χ0v) is 9.78. The second kappa shape index (κ2) is 4.62. The van der Waals surface area contributed by atoms with Crippen LogP contribution in [0.3, 0.4) is 0 Å². The van der Waals surface area contributed by atoms with Crippen molar-refractivity contribution in [1.82, 2.24) is 4.98 Å². The van der Waals surface area contributed by atoms with E-state index in [1.807, 2.05) is 0 Å². The van der Waals surface area contributed by atoms with Gasteiger partial charge in [-0.3, -0.25) is 0 Å². The summed E-state index contributed by atoms with van der Waals surface area (Å²) in [6.45, 7) is 0.705. The maximum absolute atomic E-state index is 5.23. The second-order valence-electron chi connectivity index (χ2n) is 4.47. The summed E-state index contributed by atoms with van der Waals surface area (Å²) in [6.07, 6.45) is 8.24. The lowest BCUT2D eigenvalue weighted by Crippen LogP contribution is -2.08. The smallest absolute Gasteiger partial charge is 0.180 e. The molecule has 0 spiro atoms. The van der Waals surface area contributed by atoms with E-state index < -0.39 is 0 Å². The molecule has 0 amide bonds. The summed E-state index contributed by atoms with van der Waals surface area (Å²) in [7, 11) is 0. The molecular formula is C14H16N2O. The highest BCUT2D eigenvalue weighted by atomic mass is 16.3. The van der Waals surface area contributed by atoms with Gasteiger partial charge in [-0.2, -0.15) is 0 Å². The summed E-state index contributed by atoms with van der Waals surface area (Å²) in [5.74, 6) is 0.874. The first-order valence-corrected chi connectivity index (χ1v) is 6.15. The molecule has 1 aromatic heterocycles. The maximum atomic E-state index is 5.23. The Kier molecular flexibility index (Phi) is 2.82. The van der Waals surface area contributed by atoms with Gasteiger partial charge in [-0.15, -0.1) is 0 Å². The van der Waals surface area contributed by atoms with Crippen molar-refractivity contribution in [2.75, 3.05) is 5.32 Å². The molecule has 1 aliphatic carbocycles. The SMILES string of the molecule is c1cc2c(c(NCc3cnco3)c1)CCCC2. The Morgan fingerprint density at radius 2 is 2.18 bits per heavy atom. The Labute approximate surface area is 101 Å². The molecule has 0 fully saturated rings. The number of aromatic nitrogens is 1. The summed E-state index contributed by atoms with van der Waals surface area (Å²) in [4.78, 5) is 3.92. The van der Waals surface area contributed by atoms with Gasteiger partial charge in [0.15, 0.2) is 6.39 Å². The summed E-state index contributed by atoms with van der Waals surface area (Å²) in [5, 5.41) is 3.44. The molecule has 0 aliphatic heterocycles. The predicted octanol–water partition coefficient (Wildman–Crippen LogP) is 3.17. The maximum Gasteiger partial charge on any atom is 0.180 e. The molecule has 88 valence electrons. The third kappa shape index (κ3) is 2.18. The lowest BCUT2D eigenvalue weighted by molar-refractivity contribution is 0.511. The van der Waals surface area contributed by atoms with Crippen molar-refractivity contribution in [1.29, 1.82) is 0 Å². The summed E-state index contributed by atoms with van der Waals surface area (Å²) >= 11 is 0. The summed E-state index contributed by atoms with van der Waals surface area (Å²) in [5.41, 5.74) is 4.23. The molecule has 0 bridgehead atoms. The Hall–Kier alpha value is -1.77. The van der Waals surface area contributed by atoms with Gasteiger partial charge in [-0.25, -0.2) is 4.98 Å². The van der Waals surface area contributed by atoms with Gasteiger partial charge in [0.1, 0.15) is 5.76 Å². The van der Waals surface area contributed by atoms with E-state index >= 15 is 0 Å². The monoisotopic (exact) mass is 228 g/mol. The van der Waals surface area contributed by atoms with Gasteiger partial charge in [0.2, 0.25) is 0 Å². The van der Waals surface area contributed by atoms with E-state index in [-0.39, 0.29) is 0 Å². The van der Waals surface area contributed by atoms with Crippen LogP contribution in [0.4, 0.5) is 5.69 Å². The molecule has 0 atom stereocenters. The van der Waals surface area contributed by atoms with E-state index in [4.69, 9.17) is 4.42 Å². The van der Waals surface area contributed by atoms with E-state index in [0.29, 0.717) is 6.54 Å². The molecule has 17 heavy (non-hydrogen) atoms. The number of nitrogens with zero attached hydrogens (tertiary/aromatic N) is 1. The van der Waals surface area contributed by atoms with Crippen LogP contribution in [0.5, 0.6) is 0 Å². The van der Waals surface area contributed by atoms with E-state index in [0.717, 1.165) is 5.76 Å². The number of hydrogen-bond acceptors (Lipinski definition) is 3. The van der Waals surface area contributed by atoms with Crippen LogP contribution in [-0.4, -0.2) is 4.98 Å². The number of aryl methyl sites for hydroxylation is 1. The molecule has 1 heterocycles. The Bertz CT molecular complexity index is 491. The molecular weight excluding hydrogens is 212 g/mol. The lowest BCUT2D eigenvalue weighted by Gasteiger charge is -2.19. The van der Waals surface area contributed by atoms with Crippen LogP contribution < -0.4 is 5.32 Å². The van der Waals surface area contributed by atoms with Gasteiger partial charge in [0.05, 0.1) is 12.7 Å². The van der Waals surface area contributed by atoms with Crippen LogP contribution in [0, 0.1) is 0 Å². The molecule has 2 aromatic rings. The second-order valence-corrected chi connectivity index (χ2v) is 4.47. The van der Waals surface area contributed by atoms with Gasteiger partial charge in [-0.1, -0.05) is 12.1 Å². The molecule has 3 heteroatoms. The first-order chi connectivity index (χ1) is 8.43. The zero-order chi connectivity index (χ0) is 11.5. The van der Waals surface area contributed by atoms with Crippen molar-refractivity contribution >= 4 is 5.69 Å². The van der Waals surface area contributed by atoms with E-state index in [1.165, 1.54) is 48.9 Å². The number of hydrogen-bond donors (Lipinski definition) is 1. The zero-order valence-electron chi connectivity index (χ0n) is 9.78. The van der Waals surface area contributed by atoms with E-state index in [9.17, 15) is 0 Å². The average Bonchev–Trinajstić information content (AvgIpc) is 2.89. The summed E-state index contributed by atoms with van der Waals surface area (Å²) in [6, 6.07) is 6.53. The number of rotatable bonds is 3. The fourth-order valence-electron chi connectivity index (χ4n) is 2.46. The fourth-order valence-corrected chi connectivity index (χ4v) is 2.46. The fraction of sp³-hybridized carbons (Fsp3) is 0.357. The Morgan fingerprint density at radius 1 is 1.24 bits per heavy atom. The van der Waals surface area contributed by atoms with Gasteiger partial charge in [0, 0.05) is 5.69 Å². The molecule has 3 nitrogen and oxygen atoms in total. The molecule has 0 radical (unpaired) electrons. The van der Waals surface area contributed by atoms with Gasteiger partial charge < -0.3 is 9.73 Å². The third-order valence-corrected chi connectivity index (χ3v) is 3.33. The Morgan fingerprint density at radius 3 is 3.06 bits per heavy atom. The van der Waals surface area contributed by atoms with Crippen molar-refractivity contribution in [3.8, 4) is 0 Å². The van der Waals surface area contributed by atoms with E-state index in [2.05, 4.69) is 28.5 Å². The Balaban J connectivity index is 1.78. The topological polar surface area (TPSA) is 38.1 Å². The van der Waals surface area contributed by atoms with Crippen LogP contribution in [-0.2, 0) is 19.4 Å². The van der Waals surface area contributed by atoms with Crippen molar-refractivity contribution in [3.63, 3.8) is 0 Å². The number of fused-ring (bicyclic) bond motifs is 1. The number of nitrogens with one attached hydrogen (secondary N) is 1. The number of anilines is 1. The van der Waals surface area contributed by atoms with Crippen LogP contribution >= 0.6 is 0 Å². The molecule has 0 saturated carbocycles. The quantitative estimate of drug-likeness (QED) is 0.876. The predicted molar refractivity (Wildman–Crippen MR) is 66.9 cm³/mol. The third-order valence-electron chi connectivity index (χ3n) is 3.33. The van der Waals surface area contributed by atoms with E-state index in [1.54, 1.807) is 6.20 Å². The molecule has 1 aliphatic rings. The average molecular weight is 228 g/mol.